The normalized spacial score (nSPS) is 11.8. The molecule has 0 aliphatic rings. The zero-order valence-electron chi connectivity index (χ0n) is 18.1. The van der Waals surface area contributed by atoms with Gasteiger partial charge in [0.05, 0.1) is 12.2 Å². The summed E-state index contributed by atoms with van der Waals surface area (Å²) in [5.41, 5.74) is 3.31. The lowest BCUT2D eigenvalue weighted by molar-refractivity contribution is 0.423. The molecule has 1 aromatic carbocycles. The first-order chi connectivity index (χ1) is 14.6. The van der Waals surface area contributed by atoms with Gasteiger partial charge in [-0.1, -0.05) is 38.1 Å². The number of hydrogen-bond acceptors (Lipinski definition) is 6. The third-order valence-corrected chi connectivity index (χ3v) is 5.42. The van der Waals surface area contributed by atoms with E-state index in [0.717, 1.165) is 54.0 Å². The van der Waals surface area contributed by atoms with E-state index in [1.165, 1.54) is 5.56 Å². The lowest BCUT2D eigenvalue weighted by Crippen LogP contribution is -2.38. The summed E-state index contributed by atoms with van der Waals surface area (Å²) in [6, 6.07) is 8.24. The first-order valence-electron chi connectivity index (χ1n) is 10.5. The van der Waals surface area contributed by atoms with Gasteiger partial charge in [-0.15, -0.1) is 11.3 Å². The first kappa shape index (κ1) is 22.0. The molecule has 0 aliphatic carbocycles. The molecular weight excluding hydrogens is 396 g/mol. The number of nitrogens with zero attached hydrogens (tertiary/aromatic N) is 4. The summed E-state index contributed by atoms with van der Waals surface area (Å²) in [4.78, 5) is 13.7. The minimum absolute atomic E-state index is 0.449. The van der Waals surface area contributed by atoms with Crippen molar-refractivity contribution in [2.24, 2.45) is 4.99 Å². The Hall–Kier alpha value is -2.74. The Kier molecular flexibility index (Phi) is 7.96. The fraction of sp³-hybridized carbons (Fsp3) is 0.455. The average Bonchev–Trinajstić information content (AvgIpc) is 3.42. The Labute approximate surface area is 182 Å². The second-order valence-electron chi connectivity index (χ2n) is 7.26. The van der Waals surface area contributed by atoms with Crippen LogP contribution in [0.3, 0.4) is 0 Å². The van der Waals surface area contributed by atoms with Crippen LogP contribution in [0.25, 0.3) is 11.5 Å². The molecule has 8 heteroatoms. The van der Waals surface area contributed by atoms with E-state index in [9.17, 15) is 0 Å². The van der Waals surface area contributed by atoms with Gasteiger partial charge in [-0.2, -0.15) is 4.98 Å². The highest BCUT2D eigenvalue weighted by Gasteiger charge is 2.08. The minimum atomic E-state index is 0.449. The van der Waals surface area contributed by atoms with E-state index in [-0.39, 0.29) is 0 Å². The zero-order valence-corrected chi connectivity index (χ0v) is 18.9. The van der Waals surface area contributed by atoms with E-state index in [0.29, 0.717) is 18.4 Å². The van der Waals surface area contributed by atoms with Gasteiger partial charge in [0, 0.05) is 30.5 Å². The second kappa shape index (κ2) is 10.9. The molecule has 0 aliphatic heterocycles. The lowest BCUT2D eigenvalue weighted by Gasteiger charge is -2.11. The first-order valence-corrected chi connectivity index (χ1v) is 11.3. The van der Waals surface area contributed by atoms with Gasteiger partial charge in [-0.05, 0) is 37.0 Å². The lowest BCUT2D eigenvalue weighted by atomic mass is 10.1. The van der Waals surface area contributed by atoms with E-state index in [2.05, 4.69) is 69.0 Å². The van der Waals surface area contributed by atoms with Gasteiger partial charge in [0.25, 0.3) is 5.89 Å². The molecule has 3 rings (SSSR count). The van der Waals surface area contributed by atoms with E-state index in [4.69, 9.17) is 4.52 Å². The molecule has 0 fully saturated rings. The summed E-state index contributed by atoms with van der Waals surface area (Å²) < 4.78 is 5.30. The van der Waals surface area contributed by atoms with Gasteiger partial charge in [0.2, 0.25) is 0 Å². The summed E-state index contributed by atoms with van der Waals surface area (Å²) in [6.07, 6.45) is 1.66. The van der Waals surface area contributed by atoms with E-state index < -0.39 is 0 Å². The number of thiazole rings is 1. The van der Waals surface area contributed by atoms with Crippen molar-refractivity contribution in [3.63, 3.8) is 0 Å². The van der Waals surface area contributed by atoms with Crippen LogP contribution in [-0.2, 0) is 19.4 Å². The molecular formula is C22H30N6OS. The highest BCUT2D eigenvalue weighted by atomic mass is 32.1. The number of aryl methyl sites for hydroxylation is 1. The molecule has 0 atom stereocenters. The van der Waals surface area contributed by atoms with Crippen LogP contribution >= 0.6 is 11.3 Å². The molecule has 2 N–H and O–H groups in total. The predicted molar refractivity (Wildman–Crippen MR) is 122 cm³/mol. The van der Waals surface area contributed by atoms with Gasteiger partial charge in [0.1, 0.15) is 5.01 Å². The van der Waals surface area contributed by atoms with Crippen molar-refractivity contribution in [3.05, 3.63) is 51.7 Å². The third kappa shape index (κ3) is 6.13. The summed E-state index contributed by atoms with van der Waals surface area (Å²) in [7, 11) is 0. The van der Waals surface area contributed by atoms with Crippen molar-refractivity contribution in [1.29, 1.82) is 0 Å². The van der Waals surface area contributed by atoms with Gasteiger partial charge in [0.15, 0.2) is 11.8 Å². The van der Waals surface area contributed by atoms with Crippen molar-refractivity contribution in [1.82, 2.24) is 25.8 Å². The summed E-state index contributed by atoms with van der Waals surface area (Å²) in [5.74, 6) is 2.56. The van der Waals surface area contributed by atoms with Crippen LogP contribution in [0.4, 0.5) is 0 Å². The smallest absolute Gasteiger partial charge is 0.257 e. The van der Waals surface area contributed by atoms with Crippen molar-refractivity contribution in [2.45, 2.75) is 53.0 Å². The van der Waals surface area contributed by atoms with Crippen LogP contribution in [0, 0.1) is 0 Å². The molecule has 0 spiro atoms. The number of rotatable bonds is 9. The van der Waals surface area contributed by atoms with Gasteiger partial charge >= 0.3 is 0 Å². The SMILES string of the molecule is CCNC(=NCc1nc(C(C)C)cs1)NCCc1ccc(-c2nc(CC)no2)cc1. The van der Waals surface area contributed by atoms with Gasteiger partial charge < -0.3 is 15.2 Å². The quantitative estimate of drug-likeness (QED) is 0.394. The molecule has 0 saturated heterocycles. The van der Waals surface area contributed by atoms with Crippen molar-refractivity contribution in [2.75, 3.05) is 13.1 Å². The molecule has 2 aromatic heterocycles. The van der Waals surface area contributed by atoms with Crippen LogP contribution in [0.2, 0.25) is 0 Å². The number of aromatic nitrogens is 3. The Balaban J connectivity index is 1.52. The monoisotopic (exact) mass is 426 g/mol. The van der Waals surface area contributed by atoms with E-state index in [1.807, 2.05) is 19.1 Å². The molecule has 30 heavy (non-hydrogen) atoms. The van der Waals surface area contributed by atoms with Gasteiger partial charge in [-0.3, -0.25) is 0 Å². The van der Waals surface area contributed by atoms with E-state index in [1.54, 1.807) is 11.3 Å². The average molecular weight is 427 g/mol. The molecule has 0 radical (unpaired) electrons. The molecule has 0 amide bonds. The van der Waals surface area contributed by atoms with Gasteiger partial charge in [-0.25, -0.2) is 9.98 Å². The highest BCUT2D eigenvalue weighted by Crippen LogP contribution is 2.19. The molecule has 2 heterocycles. The molecule has 3 aromatic rings. The van der Waals surface area contributed by atoms with Crippen molar-refractivity contribution < 1.29 is 4.52 Å². The maximum Gasteiger partial charge on any atom is 0.257 e. The Morgan fingerprint density at radius 2 is 1.93 bits per heavy atom. The number of aliphatic imine (C=N–C) groups is 1. The largest absolute Gasteiger partial charge is 0.357 e. The van der Waals surface area contributed by atoms with Crippen molar-refractivity contribution in [3.8, 4) is 11.5 Å². The van der Waals surface area contributed by atoms with Crippen LogP contribution in [-0.4, -0.2) is 34.2 Å². The zero-order chi connectivity index (χ0) is 21.3. The molecule has 7 nitrogen and oxygen atoms in total. The molecule has 0 bridgehead atoms. The molecule has 0 unspecified atom stereocenters. The number of guanidine groups is 1. The molecule has 0 saturated carbocycles. The number of hydrogen-bond donors (Lipinski definition) is 2. The minimum Gasteiger partial charge on any atom is -0.357 e. The Morgan fingerprint density at radius 1 is 1.13 bits per heavy atom. The van der Waals surface area contributed by atoms with Crippen LogP contribution in [0.5, 0.6) is 0 Å². The van der Waals surface area contributed by atoms with Crippen molar-refractivity contribution >= 4 is 17.3 Å². The van der Waals surface area contributed by atoms with Crippen LogP contribution in [0.1, 0.15) is 55.7 Å². The van der Waals surface area contributed by atoms with Crippen LogP contribution < -0.4 is 10.6 Å². The summed E-state index contributed by atoms with van der Waals surface area (Å²) in [5, 5.41) is 13.8. The fourth-order valence-corrected chi connectivity index (χ4v) is 3.68. The summed E-state index contributed by atoms with van der Waals surface area (Å²) in [6.45, 7) is 10.6. The van der Waals surface area contributed by atoms with E-state index >= 15 is 0 Å². The maximum absolute atomic E-state index is 5.30. The van der Waals surface area contributed by atoms with Crippen LogP contribution in [0.15, 0.2) is 39.2 Å². The maximum atomic E-state index is 5.30. The third-order valence-electron chi connectivity index (χ3n) is 4.57. The topological polar surface area (TPSA) is 88.2 Å². The standard InChI is InChI=1S/C22H30N6OS/c1-5-19-27-21(29-28-19)17-9-7-16(8-10-17)11-12-24-22(23-6-2)25-13-20-26-18(14-30-20)15(3)4/h7-10,14-15H,5-6,11-13H2,1-4H3,(H2,23,24,25). The summed E-state index contributed by atoms with van der Waals surface area (Å²) >= 11 is 1.67. The Bertz CT molecular complexity index is 945. The number of nitrogens with one attached hydrogen (secondary N) is 2. The predicted octanol–water partition coefficient (Wildman–Crippen LogP) is 4.18. The molecule has 160 valence electrons. The Morgan fingerprint density at radius 3 is 2.57 bits per heavy atom. The fourth-order valence-electron chi connectivity index (χ4n) is 2.81. The second-order valence-corrected chi connectivity index (χ2v) is 8.20. The number of benzene rings is 1. The highest BCUT2D eigenvalue weighted by molar-refractivity contribution is 7.09.